The summed E-state index contributed by atoms with van der Waals surface area (Å²) in [7, 11) is 0. The van der Waals surface area contributed by atoms with E-state index < -0.39 is 12.0 Å². The van der Waals surface area contributed by atoms with Crippen LogP contribution in [0.4, 0.5) is 0 Å². The zero-order chi connectivity index (χ0) is 14.1. The minimum absolute atomic E-state index is 0.0952. The number of halogens is 1. The number of carboxylic acids is 1. The van der Waals surface area contributed by atoms with Crippen molar-refractivity contribution in [1.29, 1.82) is 0 Å². The molecule has 5 nitrogen and oxygen atoms in total. The summed E-state index contributed by atoms with van der Waals surface area (Å²) in [6.07, 6.45) is 1.58. The van der Waals surface area contributed by atoms with Crippen LogP contribution < -0.4 is 14.8 Å². The van der Waals surface area contributed by atoms with Crippen molar-refractivity contribution in [2.24, 2.45) is 0 Å². The predicted octanol–water partition coefficient (Wildman–Crippen LogP) is 2.03. The van der Waals surface area contributed by atoms with Crippen molar-refractivity contribution >= 4 is 17.6 Å². The minimum atomic E-state index is -0.837. The lowest BCUT2D eigenvalue weighted by Crippen LogP contribution is -2.34. The van der Waals surface area contributed by atoms with Gasteiger partial charge in [-0.3, -0.25) is 4.79 Å². The van der Waals surface area contributed by atoms with Crippen LogP contribution in [0.2, 0.25) is 5.02 Å². The number of rotatable bonds is 2. The Labute approximate surface area is 121 Å². The standard InChI is InChI=1S/C14H16ClNO4/c15-10-6-8(9-2-3-16-12(9)14(17)18)7-11-13(10)20-5-1-4-19-11/h6-7,9,12,16H,1-5H2,(H,17,18). The van der Waals surface area contributed by atoms with Gasteiger partial charge in [0, 0.05) is 12.3 Å². The summed E-state index contributed by atoms with van der Waals surface area (Å²) < 4.78 is 11.2. The maximum absolute atomic E-state index is 11.3. The summed E-state index contributed by atoms with van der Waals surface area (Å²) in [5.41, 5.74) is 0.886. The van der Waals surface area contributed by atoms with Crippen LogP contribution in [0.15, 0.2) is 12.1 Å². The van der Waals surface area contributed by atoms with Crippen LogP contribution in [0.3, 0.4) is 0 Å². The number of ether oxygens (including phenoxy) is 2. The van der Waals surface area contributed by atoms with E-state index in [2.05, 4.69) is 5.32 Å². The van der Waals surface area contributed by atoms with Crippen molar-refractivity contribution < 1.29 is 19.4 Å². The first-order valence-corrected chi connectivity index (χ1v) is 7.10. The van der Waals surface area contributed by atoms with E-state index in [1.807, 2.05) is 6.07 Å². The van der Waals surface area contributed by atoms with Gasteiger partial charge in [0.15, 0.2) is 11.5 Å². The monoisotopic (exact) mass is 297 g/mol. The van der Waals surface area contributed by atoms with E-state index in [0.29, 0.717) is 36.3 Å². The predicted molar refractivity (Wildman–Crippen MR) is 73.8 cm³/mol. The van der Waals surface area contributed by atoms with Gasteiger partial charge in [0.05, 0.1) is 18.2 Å². The third kappa shape index (κ3) is 2.43. The van der Waals surface area contributed by atoms with Crippen LogP contribution in [-0.4, -0.2) is 36.9 Å². The quantitative estimate of drug-likeness (QED) is 0.874. The van der Waals surface area contributed by atoms with Crippen molar-refractivity contribution in [2.45, 2.75) is 24.8 Å². The zero-order valence-electron chi connectivity index (χ0n) is 10.9. The van der Waals surface area contributed by atoms with Gasteiger partial charge in [-0.05, 0) is 30.7 Å². The lowest BCUT2D eigenvalue weighted by atomic mass is 9.91. The maximum atomic E-state index is 11.3. The van der Waals surface area contributed by atoms with Crippen LogP contribution in [-0.2, 0) is 4.79 Å². The molecule has 2 atom stereocenters. The molecule has 1 saturated heterocycles. The van der Waals surface area contributed by atoms with Crippen LogP contribution in [0.1, 0.15) is 24.3 Å². The van der Waals surface area contributed by atoms with E-state index >= 15 is 0 Å². The molecule has 0 saturated carbocycles. The molecule has 1 aromatic rings. The molecule has 2 heterocycles. The molecule has 6 heteroatoms. The Morgan fingerprint density at radius 2 is 2.15 bits per heavy atom. The van der Waals surface area contributed by atoms with E-state index in [4.69, 9.17) is 21.1 Å². The number of hydrogen-bond donors (Lipinski definition) is 2. The summed E-state index contributed by atoms with van der Waals surface area (Å²) in [6.45, 7) is 1.85. The van der Waals surface area contributed by atoms with Gasteiger partial charge in [-0.1, -0.05) is 11.6 Å². The first-order valence-electron chi connectivity index (χ1n) is 6.72. The first kappa shape index (κ1) is 13.5. The van der Waals surface area contributed by atoms with Crippen molar-refractivity contribution in [3.8, 4) is 11.5 Å². The minimum Gasteiger partial charge on any atom is -0.489 e. The second-order valence-electron chi connectivity index (χ2n) is 5.05. The van der Waals surface area contributed by atoms with Gasteiger partial charge >= 0.3 is 5.97 Å². The van der Waals surface area contributed by atoms with Crippen molar-refractivity contribution in [3.05, 3.63) is 22.7 Å². The first-order chi connectivity index (χ1) is 9.66. The molecule has 2 aliphatic heterocycles. The van der Waals surface area contributed by atoms with Gasteiger partial charge < -0.3 is 19.9 Å². The van der Waals surface area contributed by atoms with Crippen LogP contribution in [0.5, 0.6) is 11.5 Å². The van der Waals surface area contributed by atoms with Crippen LogP contribution in [0, 0.1) is 0 Å². The third-order valence-electron chi connectivity index (χ3n) is 3.74. The topological polar surface area (TPSA) is 67.8 Å². The van der Waals surface area contributed by atoms with Gasteiger partial charge in [-0.25, -0.2) is 0 Å². The molecule has 1 aromatic carbocycles. The number of aliphatic carboxylic acids is 1. The van der Waals surface area contributed by atoms with Crippen molar-refractivity contribution in [2.75, 3.05) is 19.8 Å². The molecule has 0 radical (unpaired) electrons. The molecule has 2 unspecified atom stereocenters. The zero-order valence-corrected chi connectivity index (χ0v) is 11.7. The third-order valence-corrected chi connectivity index (χ3v) is 4.02. The molecular weight excluding hydrogens is 282 g/mol. The Balaban J connectivity index is 1.96. The Morgan fingerprint density at radius 1 is 1.35 bits per heavy atom. The van der Waals surface area contributed by atoms with Gasteiger partial charge in [-0.2, -0.15) is 0 Å². The molecule has 0 bridgehead atoms. The molecule has 0 aliphatic carbocycles. The molecule has 1 fully saturated rings. The number of benzene rings is 1. The van der Waals surface area contributed by atoms with E-state index in [1.165, 1.54) is 0 Å². The summed E-state index contributed by atoms with van der Waals surface area (Å²) in [6, 6.07) is 3.08. The molecule has 2 aliphatic rings. The number of carboxylic acid groups (broad SMARTS) is 1. The molecule has 3 rings (SSSR count). The van der Waals surface area contributed by atoms with Crippen LogP contribution >= 0.6 is 11.6 Å². The molecule has 0 aromatic heterocycles. The summed E-state index contributed by atoms with van der Waals surface area (Å²) in [5.74, 6) is 0.240. The number of nitrogens with one attached hydrogen (secondary N) is 1. The smallest absolute Gasteiger partial charge is 0.321 e. The largest absolute Gasteiger partial charge is 0.489 e. The average molecular weight is 298 g/mol. The summed E-state index contributed by atoms with van der Waals surface area (Å²) in [4.78, 5) is 11.3. The summed E-state index contributed by atoms with van der Waals surface area (Å²) >= 11 is 6.25. The molecule has 20 heavy (non-hydrogen) atoms. The Hall–Kier alpha value is -1.46. The molecular formula is C14H16ClNO4. The molecule has 0 amide bonds. The molecule has 0 spiro atoms. The van der Waals surface area contributed by atoms with Gasteiger partial charge in [0.2, 0.25) is 0 Å². The molecule has 108 valence electrons. The van der Waals surface area contributed by atoms with E-state index in [1.54, 1.807) is 6.07 Å². The highest BCUT2D eigenvalue weighted by Crippen LogP contribution is 2.41. The maximum Gasteiger partial charge on any atom is 0.321 e. The lowest BCUT2D eigenvalue weighted by Gasteiger charge is -2.18. The van der Waals surface area contributed by atoms with E-state index in [-0.39, 0.29) is 5.92 Å². The second kappa shape index (κ2) is 5.50. The summed E-state index contributed by atoms with van der Waals surface area (Å²) in [5, 5.41) is 12.7. The van der Waals surface area contributed by atoms with E-state index in [0.717, 1.165) is 18.4 Å². The van der Waals surface area contributed by atoms with Crippen LogP contribution in [0.25, 0.3) is 0 Å². The number of carbonyl (C=O) groups is 1. The second-order valence-corrected chi connectivity index (χ2v) is 5.45. The highest BCUT2D eigenvalue weighted by atomic mass is 35.5. The van der Waals surface area contributed by atoms with Gasteiger partial charge in [-0.15, -0.1) is 0 Å². The van der Waals surface area contributed by atoms with Crippen molar-refractivity contribution in [3.63, 3.8) is 0 Å². The fourth-order valence-electron chi connectivity index (χ4n) is 2.79. The Bertz CT molecular complexity index is 534. The van der Waals surface area contributed by atoms with Gasteiger partial charge in [0.1, 0.15) is 6.04 Å². The Morgan fingerprint density at radius 3 is 2.95 bits per heavy atom. The van der Waals surface area contributed by atoms with E-state index in [9.17, 15) is 9.90 Å². The number of hydrogen-bond acceptors (Lipinski definition) is 4. The SMILES string of the molecule is O=C(O)C1NCCC1c1cc(Cl)c2c(c1)OCCCO2. The lowest BCUT2D eigenvalue weighted by molar-refractivity contribution is -0.139. The number of fused-ring (bicyclic) bond motifs is 1. The Kier molecular flexibility index (Phi) is 3.72. The normalized spacial score (nSPS) is 25.2. The van der Waals surface area contributed by atoms with Gasteiger partial charge in [0.25, 0.3) is 0 Å². The fraction of sp³-hybridized carbons (Fsp3) is 0.500. The average Bonchev–Trinajstić information content (AvgIpc) is 2.78. The fourth-order valence-corrected chi connectivity index (χ4v) is 3.06. The highest BCUT2D eigenvalue weighted by Gasteiger charge is 2.34. The molecule has 2 N–H and O–H groups in total. The highest BCUT2D eigenvalue weighted by molar-refractivity contribution is 6.32. The van der Waals surface area contributed by atoms with Crippen molar-refractivity contribution in [1.82, 2.24) is 5.32 Å².